The molecule has 17 heavy (non-hydrogen) atoms. The number of hydrogen-bond acceptors (Lipinski definition) is 3. The number of rotatable bonds is 4. The van der Waals surface area contributed by atoms with Crippen molar-refractivity contribution < 1.29 is 4.79 Å². The first-order chi connectivity index (χ1) is 8.33. The van der Waals surface area contributed by atoms with Gasteiger partial charge in [-0.25, -0.2) is 4.68 Å². The first-order valence-corrected chi connectivity index (χ1v) is 5.44. The van der Waals surface area contributed by atoms with E-state index in [1.54, 1.807) is 23.3 Å². The molecule has 4 nitrogen and oxygen atoms in total. The third-order valence-electron chi connectivity index (χ3n) is 2.42. The van der Waals surface area contributed by atoms with Crippen molar-refractivity contribution in [3.05, 3.63) is 48.1 Å². The van der Waals surface area contributed by atoms with Crippen LogP contribution in [0.4, 0.5) is 0 Å². The molecule has 0 amide bonds. The molecule has 4 heteroatoms. The van der Waals surface area contributed by atoms with Crippen LogP contribution in [0.15, 0.2) is 42.5 Å². The molecule has 2 aromatic rings. The number of carbonyl (C=O) groups excluding carboxylic acids is 1. The summed E-state index contributed by atoms with van der Waals surface area (Å²) in [5, 5.41) is 4.22. The van der Waals surface area contributed by atoms with Crippen LogP contribution in [0.3, 0.4) is 0 Å². The molecule has 86 valence electrons. The maximum atomic E-state index is 10.7. The zero-order chi connectivity index (χ0) is 12.1. The van der Waals surface area contributed by atoms with E-state index in [-0.39, 0.29) is 0 Å². The van der Waals surface area contributed by atoms with Crippen molar-refractivity contribution in [2.75, 3.05) is 0 Å². The van der Waals surface area contributed by atoms with E-state index in [9.17, 15) is 4.79 Å². The Morgan fingerprint density at radius 2 is 2.35 bits per heavy atom. The summed E-state index contributed by atoms with van der Waals surface area (Å²) in [7, 11) is 0. The molecule has 0 atom stereocenters. The lowest BCUT2D eigenvalue weighted by atomic mass is 10.2. The Labute approximate surface area is 99.6 Å². The average Bonchev–Trinajstić information content (AvgIpc) is 2.85. The quantitative estimate of drug-likeness (QED) is 0.594. The molecule has 0 aliphatic heterocycles. The van der Waals surface area contributed by atoms with Crippen LogP contribution >= 0.6 is 0 Å². The van der Waals surface area contributed by atoms with Crippen LogP contribution in [0.25, 0.3) is 11.8 Å². The molecule has 0 radical (unpaired) electrons. The van der Waals surface area contributed by atoms with E-state index < -0.39 is 0 Å². The van der Waals surface area contributed by atoms with Gasteiger partial charge in [0.1, 0.15) is 6.29 Å². The van der Waals surface area contributed by atoms with Crippen molar-refractivity contribution in [2.45, 2.75) is 13.3 Å². The number of pyridine rings is 1. The molecule has 0 saturated carbocycles. The van der Waals surface area contributed by atoms with Crippen molar-refractivity contribution in [1.29, 1.82) is 0 Å². The summed E-state index contributed by atoms with van der Waals surface area (Å²) in [6.07, 6.45) is 10.5. The summed E-state index contributed by atoms with van der Waals surface area (Å²) in [6.45, 7) is 1.95. The molecule has 2 heterocycles. The van der Waals surface area contributed by atoms with E-state index in [0.717, 1.165) is 29.5 Å². The lowest BCUT2D eigenvalue weighted by Crippen LogP contribution is -1.93. The van der Waals surface area contributed by atoms with Crippen molar-refractivity contribution in [2.24, 2.45) is 0 Å². The minimum atomic E-state index is 0.724. The maximum absolute atomic E-state index is 10.7. The van der Waals surface area contributed by atoms with Crippen LogP contribution in [0.2, 0.25) is 0 Å². The van der Waals surface area contributed by atoms with E-state index in [1.165, 1.54) is 0 Å². The highest BCUT2D eigenvalue weighted by Gasteiger charge is 1.99. The summed E-state index contributed by atoms with van der Waals surface area (Å²) < 4.78 is 1.73. The van der Waals surface area contributed by atoms with Crippen LogP contribution < -0.4 is 0 Å². The van der Waals surface area contributed by atoms with Crippen molar-refractivity contribution >= 4 is 12.4 Å². The van der Waals surface area contributed by atoms with Gasteiger partial charge in [0.05, 0.1) is 18.1 Å². The number of allylic oxidation sites excluding steroid dienone is 1. The number of aromatic nitrogens is 3. The van der Waals surface area contributed by atoms with Gasteiger partial charge in [-0.2, -0.15) is 5.10 Å². The molecule has 0 aliphatic rings. The molecule has 0 aliphatic carbocycles. The normalized spacial score (nSPS) is 11.5. The van der Waals surface area contributed by atoms with Gasteiger partial charge in [0, 0.05) is 18.0 Å². The third-order valence-corrected chi connectivity index (χ3v) is 2.42. The Morgan fingerprint density at radius 3 is 3.00 bits per heavy atom. The standard InChI is InChI=1S/C13H13N3O/c1-2-11(10-17)6-12-7-15-16(9-12)13-4-3-5-14-8-13/h3-10H,2H2,1H3/b11-6+. The molecule has 0 spiro atoms. The van der Waals surface area contributed by atoms with Gasteiger partial charge in [0.15, 0.2) is 0 Å². The maximum Gasteiger partial charge on any atom is 0.146 e. The van der Waals surface area contributed by atoms with Gasteiger partial charge >= 0.3 is 0 Å². The SMILES string of the molecule is CC/C(C=O)=C\c1cnn(-c2cccnc2)c1. The van der Waals surface area contributed by atoms with Crippen molar-refractivity contribution in [3.8, 4) is 5.69 Å². The van der Waals surface area contributed by atoms with Gasteiger partial charge in [-0.15, -0.1) is 0 Å². The summed E-state index contributed by atoms with van der Waals surface area (Å²) in [6, 6.07) is 3.78. The van der Waals surface area contributed by atoms with E-state index in [0.29, 0.717) is 0 Å². The lowest BCUT2D eigenvalue weighted by molar-refractivity contribution is -0.104. The predicted octanol–water partition coefficient (Wildman–Crippen LogP) is 2.26. The molecular weight excluding hydrogens is 214 g/mol. The fourth-order valence-electron chi connectivity index (χ4n) is 1.48. The minimum Gasteiger partial charge on any atom is -0.298 e. The summed E-state index contributed by atoms with van der Waals surface area (Å²) in [5.41, 5.74) is 2.57. The Balaban J connectivity index is 2.28. The Morgan fingerprint density at radius 1 is 1.47 bits per heavy atom. The fourth-order valence-corrected chi connectivity index (χ4v) is 1.48. The fraction of sp³-hybridized carbons (Fsp3) is 0.154. The molecule has 2 aromatic heterocycles. The highest BCUT2D eigenvalue weighted by Crippen LogP contribution is 2.10. The number of aldehydes is 1. The van der Waals surface area contributed by atoms with Crippen LogP contribution in [-0.4, -0.2) is 21.1 Å². The minimum absolute atomic E-state index is 0.724. The molecular formula is C13H13N3O. The van der Waals surface area contributed by atoms with Crippen molar-refractivity contribution in [1.82, 2.24) is 14.8 Å². The summed E-state index contributed by atoms with van der Waals surface area (Å²) in [4.78, 5) is 14.7. The second-order valence-electron chi connectivity index (χ2n) is 3.62. The van der Waals surface area contributed by atoms with Crippen LogP contribution in [0.1, 0.15) is 18.9 Å². The smallest absolute Gasteiger partial charge is 0.146 e. The summed E-state index contributed by atoms with van der Waals surface area (Å²) in [5.74, 6) is 0. The molecule has 0 fully saturated rings. The summed E-state index contributed by atoms with van der Waals surface area (Å²) >= 11 is 0. The van der Waals surface area contributed by atoms with Gasteiger partial charge in [-0.05, 0) is 30.2 Å². The second-order valence-corrected chi connectivity index (χ2v) is 3.62. The Bertz CT molecular complexity index is 529. The van der Waals surface area contributed by atoms with Gasteiger partial charge in [0.2, 0.25) is 0 Å². The zero-order valence-electron chi connectivity index (χ0n) is 9.58. The number of hydrogen-bond donors (Lipinski definition) is 0. The Kier molecular flexibility index (Phi) is 3.45. The molecule has 2 rings (SSSR count). The van der Waals surface area contributed by atoms with Gasteiger partial charge < -0.3 is 0 Å². The first-order valence-electron chi connectivity index (χ1n) is 5.44. The largest absolute Gasteiger partial charge is 0.298 e. The van der Waals surface area contributed by atoms with Crippen LogP contribution in [-0.2, 0) is 4.79 Å². The van der Waals surface area contributed by atoms with E-state index in [4.69, 9.17) is 0 Å². The topological polar surface area (TPSA) is 47.8 Å². The highest BCUT2D eigenvalue weighted by atomic mass is 16.1. The van der Waals surface area contributed by atoms with Crippen LogP contribution in [0.5, 0.6) is 0 Å². The van der Waals surface area contributed by atoms with E-state index >= 15 is 0 Å². The average molecular weight is 227 g/mol. The molecule has 0 aromatic carbocycles. The highest BCUT2D eigenvalue weighted by molar-refractivity contribution is 5.81. The molecule has 0 bridgehead atoms. The number of carbonyl (C=O) groups is 1. The molecule has 0 unspecified atom stereocenters. The number of nitrogens with zero attached hydrogens (tertiary/aromatic N) is 3. The van der Waals surface area contributed by atoms with Crippen LogP contribution in [0, 0.1) is 0 Å². The lowest BCUT2D eigenvalue weighted by Gasteiger charge is -1.97. The second kappa shape index (κ2) is 5.21. The van der Waals surface area contributed by atoms with Crippen molar-refractivity contribution in [3.63, 3.8) is 0 Å². The zero-order valence-corrected chi connectivity index (χ0v) is 9.58. The predicted molar refractivity (Wildman–Crippen MR) is 65.7 cm³/mol. The van der Waals surface area contributed by atoms with Gasteiger partial charge in [-0.3, -0.25) is 9.78 Å². The molecule has 0 N–H and O–H groups in total. The molecule has 0 saturated heterocycles. The van der Waals surface area contributed by atoms with Gasteiger partial charge in [0.25, 0.3) is 0 Å². The first kappa shape index (κ1) is 11.3. The van der Waals surface area contributed by atoms with E-state index in [1.807, 2.05) is 31.3 Å². The monoisotopic (exact) mass is 227 g/mol. The third kappa shape index (κ3) is 2.66. The van der Waals surface area contributed by atoms with Gasteiger partial charge in [-0.1, -0.05) is 6.92 Å². The van der Waals surface area contributed by atoms with E-state index in [2.05, 4.69) is 10.1 Å². The Hall–Kier alpha value is -2.23.